The van der Waals surface area contributed by atoms with Gasteiger partial charge in [0, 0.05) is 11.7 Å². The standard InChI is InChI=1S/C11H14N2O5S3/c1-3-5-13(9-4-6-20(15,16)7-9)21(17,18)10-8(2)12-11(14)19-10/h1,9H,4-7H2,2H3,(H,12,14). The third kappa shape index (κ3) is 3.21. The van der Waals surface area contributed by atoms with Gasteiger partial charge in [-0.15, -0.1) is 6.42 Å². The highest BCUT2D eigenvalue weighted by Crippen LogP contribution is 2.27. The van der Waals surface area contributed by atoms with Gasteiger partial charge in [-0.1, -0.05) is 17.3 Å². The van der Waals surface area contributed by atoms with Gasteiger partial charge in [0.05, 0.1) is 18.1 Å². The second-order valence-corrected chi connectivity index (χ2v) is 10.0. The van der Waals surface area contributed by atoms with Crippen molar-refractivity contribution in [2.24, 2.45) is 0 Å². The molecule has 0 saturated carbocycles. The fourth-order valence-electron chi connectivity index (χ4n) is 2.25. The predicted octanol–water partition coefficient (Wildman–Crippen LogP) is -0.444. The molecule has 0 aliphatic carbocycles. The van der Waals surface area contributed by atoms with Gasteiger partial charge in [-0.25, -0.2) is 16.8 Å². The number of rotatable bonds is 4. The molecule has 10 heteroatoms. The fourth-order valence-corrected chi connectivity index (χ4v) is 7.05. The Morgan fingerprint density at radius 2 is 2.19 bits per heavy atom. The zero-order valence-corrected chi connectivity index (χ0v) is 13.6. The van der Waals surface area contributed by atoms with E-state index in [4.69, 9.17) is 6.42 Å². The summed E-state index contributed by atoms with van der Waals surface area (Å²) in [5.41, 5.74) is 0.230. The molecule has 2 rings (SSSR count). The van der Waals surface area contributed by atoms with E-state index in [1.165, 1.54) is 6.92 Å². The van der Waals surface area contributed by atoms with Gasteiger partial charge in [-0.3, -0.25) is 4.79 Å². The maximum Gasteiger partial charge on any atom is 0.305 e. The van der Waals surface area contributed by atoms with Crippen LogP contribution in [0.1, 0.15) is 12.1 Å². The molecular weight excluding hydrogens is 336 g/mol. The van der Waals surface area contributed by atoms with E-state index in [0.29, 0.717) is 11.3 Å². The van der Waals surface area contributed by atoms with Crippen LogP contribution in [0.15, 0.2) is 9.00 Å². The van der Waals surface area contributed by atoms with E-state index in [0.717, 1.165) is 4.31 Å². The summed E-state index contributed by atoms with van der Waals surface area (Å²) in [6, 6.07) is -0.687. The number of sulfonamides is 1. The summed E-state index contributed by atoms with van der Waals surface area (Å²) >= 11 is 0.575. The van der Waals surface area contributed by atoms with Crippen LogP contribution >= 0.6 is 11.3 Å². The molecule has 0 aromatic carbocycles. The third-order valence-electron chi connectivity index (χ3n) is 3.19. The number of aromatic nitrogens is 1. The normalized spacial score (nSPS) is 21.5. The average molecular weight is 350 g/mol. The molecule has 1 aromatic heterocycles. The van der Waals surface area contributed by atoms with Gasteiger partial charge in [-0.05, 0) is 13.3 Å². The van der Waals surface area contributed by atoms with Crippen molar-refractivity contribution >= 4 is 31.2 Å². The third-order valence-corrected chi connectivity index (χ3v) is 8.42. The molecule has 116 valence electrons. The lowest BCUT2D eigenvalue weighted by atomic mass is 10.3. The van der Waals surface area contributed by atoms with Crippen LogP contribution in [0.2, 0.25) is 0 Å². The number of terminal acetylenes is 1. The van der Waals surface area contributed by atoms with Crippen LogP contribution in [0, 0.1) is 19.3 Å². The number of nitrogens with zero attached hydrogens (tertiary/aromatic N) is 1. The second kappa shape index (κ2) is 5.57. The molecule has 1 fully saturated rings. The zero-order chi connectivity index (χ0) is 15.8. The van der Waals surface area contributed by atoms with Crippen molar-refractivity contribution in [3.63, 3.8) is 0 Å². The number of H-pyrrole nitrogens is 1. The van der Waals surface area contributed by atoms with E-state index in [1.807, 2.05) is 0 Å². The summed E-state index contributed by atoms with van der Waals surface area (Å²) in [7, 11) is -7.24. The van der Waals surface area contributed by atoms with Crippen molar-refractivity contribution < 1.29 is 16.8 Å². The smallest absolute Gasteiger partial charge is 0.305 e. The number of aromatic amines is 1. The summed E-state index contributed by atoms with van der Waals surface area (Å²) in [4.78, 5) is 13.2. The van der Waals surface area contributed by atoms with Crippen molar-refractivity contribution in [2.45, 2.75) is 23.6 Å². The molecule has 1 saturated heterocycles. The minimum absolute atomic E-state index is 0.0589. The quantitative estimate of drug-likeness (QED) is 0.741. The monoisotopic (exact) mass is 350 g/mol. The maximum absolute atomic E-state index is 12.6. The van der Waals surface area contributed by atoms with Crippen molar-refractivity contribution in [3.8, 4) is 12.3 Å². The molecular formula is C11H14N2O5S3. The van der Waals surface area contributed by atoms with Crippen LogP contribution in [0.4, 0.5) is 0 Å². The van der Waals surface area contributed by atoms with Gasteiger partial charge < -0.3 is 4.98 Å². The lowest BCUT2D eigenvalue weighted by Gasteiger charge is -2.24. The first-order valence-electron chi connectivity index (χ1n) is 6.03. The minimum Gasteiger partial charge on any atom is -0.315 e. The summed E-state index contributed by atoms with van der Waals surface area (Å²) in [6.07, 6.45) is 5.42. The highest BCUT2D eigenvalue weighted by Gasteiger charge is 2.39. The Balaban J connectivity index is 2.45. The Labute approximate surface area is 127 Å². The van der Waals surface area contributed by atoms with Gasteiger partial charge in [-0.2, -0.15) is 4.31 Å². The molecule has 1 N–H and O–H groups in total. The lowest BCUT2D eigenvalue weighted by Crippen LogP contribution is -2.41. The van der Waals surface area contributed by atoms with Crippen LogP contribution in [-0.2, 0) is 19.9 Å². The average Bonchev–Trinajstić information content (AvgIpc) is 2.88. The molecule has 1 aliphatic rings. The van der Waals surface area contributed by atoms with E-state index in [-0.39, 0.29) is 34.4 Å². The highest BCUT2D eigenvalue weighted by molar-refractivity contribution is 7.92. The molecule has 0 radical (unpaired) electrons. The topological polar surface area (TPSA) is 104 Å². The molecule has 1 aromatic rings. The first-order valence-corrected chi connectivity index (χ1v) is 10.1. The van der Waals surface area contributed by atoms with Crippen LogP contribution < -0.4 is 4.87 Å². The van der Waals surface area contributed by atoms with Crippen molar-refractivity contribution in [2.75, 3.05) is 18.1 Å². The number of thiazole rings is 1. The van der Waals surface area contributed by atoms with Crippen LogP contribution in [-0.4, -0.2) is 50.2 Å². The number of aryl methyl sites for hydroxylation is 1. The molecule has 0 amide bonds. The number of hydrogen-bond acceptors (Lipinski definition) is 6. The Bertz CT molecular complexity index is 841. The number of nitrogens with one attached hydrogen (secondary N) is 1. The summed E-state index contributed by atoms with van der Waals surface area (Å²) in [5, 5.41) is 0. The minimum atomic E-state index is -3.99. The van der Waals surface area contributed by atoms with Gasteiger partial charge in [0.2, 0.25) is 0 Å². The van der Waals surface area contributed by atoms with E-state index in [2.05, 4.69) is 10.9 Å². The molecule has 0 spiro atoms. The Morgan fingerprint density at radius 3 is 2.62 bits per heavy atom. The zero-order valence-electron chi connectivity index (χ0n) is 11.2. The molecule has 2 heterocycles. The molecule has 1 aliphatic heterocycles. The summed E-state index contributed by atoms with van der Waals surface area (Å²) in [6.45, 7) is 1.25. The Morgan fingerprint density at radius 1 is 1.52 bits per heavy atom. The number of sulfone groups is 1. The van der Waals surface area contributed by atoms with Crippen LogP contribution in [0.25, 0.3) is 0 Å². The van der Waals surface area contributed by atoms with Crippen LogP contribution in [0.5, 0.6) is 0 Å². The van der Waals surface area contributed by atoms with Gasteiger partial charge >= 0.3 is 4.87 Å². The predicted molar refractivity (Wildman–Crippen MR) is 79.5 cm³/mol. The van der Waals surface area contributed by atoms with E-state index < -0.39 is 30.8 Å². The van der Waals surface area contributed by atoms with E-state index in [9.17, 15) is 21.6 Å². The summed E-state index contributed by atoms with van der Waals surface area (Å²) in [5.74, 6) is 1.94. The first-order chi connectivity index (χ1) is 9.67. The highest BCUT2D eigenvalue weighted by atomic mass is 32.2. The lowest BCUT2D eigenvalue weighted by molar-refractivity contribution is 0.372. The molecule has 0 bridgehead atoms. The second-order valence-electron chi connectivity index (χ2n) is 4.74. The van der Waals surface area contributed by atoms with Crippen molar-refractivity contribution in [1.82, 2.24) is 9.29 Å². The molecule has 1 atom stereocenters. The molecule has 21 heavy (non-hydrogen) atoms. The van der Waals surface area contributed by atoms with E-state index >= 15 is 0 Å². The van der Waals surface area contributed by atoms with Crippen molar-refractivity contribution in [3.05, 3.63) is 15.4 Å². The first kappa shape index (κ1) is 16.2. The van der Waals surface area contributed by atoms with Crippen molar-refractivity contribution in [1.29, 1.82) is 0 Å². The SMILES string of the molecule is C#CCN(C1CCS(=O)(=O)C1)S(=O)(=O)c1sc(=O)[nH]c1C. The van der Waals surface area contributed by atoms with Gasteiger partial charge in [0.1, 0.15) is 0 Å². The Hall–Kier alpha value is -1.15. The van der Waals surface area contributed by atoms with Gasteiger partial charge in [0.25, 0.3) is 10.0 Å². The van der Waals surface area contributed by atoms with Crippen LogP contribution in [0.3, 0.4) is 0 Å². The maximum atomic E-state index is 12.6. The van der Waals surface area contributed by atoms with E-state index in [1.54, 1.807) is 0 Å². The number of hydrogen-bond donors (Lipinski definition) is 1. The largest absolute Gasteiger partial charge is 0.315 e. The summed E-state index contributed by atoms with van der Waals surface area (Å²) < 4.78 is 49.3. The molecule has 1 unspecified atom stereocenters. The Kier molecular flexibility index (Phi) is 4.30. The van der Waals surface area contributed by atoms with Gasteiger partial charge in [0.15, 0.2) is 14.0 Å². The fraction of sp³-hybridized carbons (Fsp3) is 0.545. The molecule has 7 nitrogen and oxygen atoms in total.